The molecule has 3 nitrogen and oxygen atoms in total. The number of aliphatic hydroxyl groups excluding tert-OH is 2. The van der Waals surface area contributed by atoms with Crippen LogP contribution in [0.3, 0.4) is 0 Å². The van der Waals surface area contributed by atoms with Gasteiger partial charge in [-0.25, -0.2) is 0 Å². The van der Waals surface area contributed by atoms with Gasteiger partial charge in [-0.2, -0.15) is 0 Å². The second kappa shape index (κ2) is 3.36. The van der Waals surface area contributed by atoms with Gasteiger partial charge in [-0.1, -0.05) is 18.2 Å². The lowest BCUT2D eigenvalue weighted by atomic mass is 10.3. The van der Waals surface area contributed by atoms with Crippen LogP contribution in [-0.4, -0.2) is 29.1 Å². The van der Waals surface area contributed by atoms with E-state index in [9.17, 15) is 10.2 Å². The van der Waals surface area contributed by atoms with Crippen LogP contribution in [0.25, 0.3) is 0 Å². The fourth-order valence-electron chi connectivity index (χ4n) is 1.66. The summed E-state index contributed by atoms with van der Waals surface area (Å²) in [5.41, 5.74) is 0.964. The molecule has 70 valence electrons. The van der Waals surface area contributed by atoms with E-state index >= 15 is 0 Å². The molecule has 0 amide bonds. The van der Waals surface area contributed by atoms with Gasteiger partial charge in [0.15, 0.2) is 6.23 Å². The fraction of sp³-hybridized carbons (Fsp3) is 0.400. The van der Waals surface area contributed by atoms with Crippen LogP contribution in [0.4, 0.5) is 5.69 Å². The highest BCUT2D eigenvalue weighted by molar-refractivity contribution is 5.47. The van der Waals surface area contributed by atoms with Gasteiger partial charge in [0, 0.05) is 12.2 Å². The van der Waals surface area contributed by atoms with Crippen molar-refractivity contribution in [1.82, 2.24) is 0 Å². The Morgan fingerprint density at radius 3 is 2.38 bits per heavy atom. The van der Waals surface area contributed by atoms with Gasteiger partial charge in [-0.3, -0.25) is 0 Å². The van der Waals surface area contributed by atoms with Crippen LogP contribution in [0, 0.1) is 0 Å². The van der Waals surface area contributed by atoms with E-state index in [1.165, 1.54) is 0 Å². The summed E-state index contributed by atoms with van der Waals surface area (Å²) in [6.45, 7) is 0.715. The van der Waals surface area contributed by atoms with E-state index in [2.05, 4.69) is 0 Å². The molecular formula is C10H13NO2. The molecule has 2 rings (SSSR count). The SMILES string of the molecule is OC1CCN(c2ccccc2)C1O. The summed E-state index contributed by atoms with van der Waals surface area (Å²) in [5, 5.41) is 18.9. The lowest BCUT2D eigenvalue weighted by molar-refractivity contribution is 0.0449. The van der Waals surface area contributed by atoms with E-state index in [0.29, 0.717) is 13.0 Å². The third-order valence-electron chi connectivity index (χ3n) is 2.42. The summed E-state index contributed by atoms with van der Waals surface area (Å²) in [5.74, 6) is 0. The van der Waals surface area contributed by atoms with E-state index in [4.69, 9.17) is 0 Å². The number of aliphatic hydroxyl groups is 2. The largest absolute Gasteiger partial charge is 0.388 e. The molecule has 0 saturated carbocycles. The minimum absolute atomic E-state index is 0.611. The molecule has 2 N–H and O–H groups in total. The standard InChI is InChI=1S/C10H13NO2/c12-9-6-7-11(10(9)13)8-4-2-1-3-5-8/h1-5,9-10,12-13H,6-7H2. The van der Waals surface area contributed by atoms with Crippen LogP contribution >= 0.6 is 0 Å². The van der Waals surface area contributed by atoms with Gasteiger partial charge in [0.05, 0.1) is 0 Å². The predicted octanol–water partition coefficient (Wildman–Crippen LogP) is 0.576. The molecule has 1 aromatic carbocycles. The molecule has 1 aromatic rings. The average molecular weight is 179 g/mol. The second-order valence-electron chi connectivity index (χ2n) is 3.30. The molecule has 1 aliphatic rings. The van der Waals surface area contributed by atoms with Crippen molar-refractivity contribution in [1.29, 1.82) is 0 Å². The molecule has 2 unspecified atom stereocenters. The first-order chi connectivity index (χ1) is 6.29. The number of benzene rings is 1. The smallest absolute Gasteiger partial charge is 0.153 e. The Labute approximate surface area is 77.2 Å². The third kappa shape index (κ3) is 1.53. The Hall–Kier alpha value is -1.06. The molecule has 0 spiro atoms. The Kier molecular flexibility index (Phi) is 2.20. The minimum atomic E-state index is -0.748. The molecule has 1 aliphatic heterocycles. The van der Waals surface area contributed by atoms with E-state index < -0.39 is 12.3 Å². The summed E-state index contributed by atoms with van der Waals surface area (Å²) in [6, 6.07) is 9.64. The molecule has 0 aromatic heterocycles. The van der Waals surface area contributed by atoms with Crippen LogP contribution in [0.2, 0.25) is 0 Å². The Bertz CT molecular complexity index is 276. The maximum absolute atomic E-state index is 9.59. The first-order valence-corrected chi connectivity index (χ1v) is 4.47. The second-order valence-corrected chi connectivity index (χ2v) is 3.30. The van der Waals surface area contributed by atoms with Crippen LogP contribution < -0.4 is 4.90 Å². The zero-order valence-electron chi connectivity index (χ0n) is 7.30. The van der Waals surface area contributed by atoms with Gasteiger partial charge >= 0.3 is 0 Å². The quantitative estimate of drug-likeness (QED) is 0.662. The summed E-state index contributed by atoms with van der Waals surface area (Å²) in [7, 11) is 0. The van der Waals surface area contributed by atoms with Crippen LogP contribution in [0.1, 0.15) is 6.42 Å². The van der Waals surface area contributed by atoms with E-state index in [1.807, 2.05) is 35.2 Å². The van der Waals surface area contributed by atoms with Gasteiger partial charge < -0.3 is 15.1 Å². The molecule has 0 radical (unpaired) electrons. The van der Waals surface area contributed by atoms with Crippen molar-refractivity contribution >= 4 is 5.69 Å². The number of hydrogen-bond acceptors (Lipinski definition) is 3. The van der Waals surface area contributed by atoms with Gasteiger partial charge in [0.1, 0.15) is 6.10 Å². The first kappa shape index (κ1) is 8.53. The van der Waals surface area contributed by atoms with Gasteiger partial charge in [0.2, 0.25) is 0 Å². The topological polar surface area (TPSA) is 43.7 Å². The molecule has 13 heavy (non-hydrogen) atoms. The van der Waals surface area contributed by atoms with E-state index in [1.54, 1.807) is 0 Å². The van der Waals surface area contributed by atoms with Crippen LogP contribution in [0.5, 0.6) is 0 Å². The fourth-order valence-corrected chi connectivity index (χ4v) is 1.66. The highest BCUT2D eigenvalue weighted by Crippen LogP contribution is 2.23. The molecule has 1 saturated heterocycles. The van der Waals surface area contributed by atoms with Crippen molar-refractivity contribution in [2.75, 3.05) is 11.4 Å². The summed E-state index contributed by atoms with van der Waals surface area (Å²) in [4.78, 5) is 1.81. The average Bonchev–Trinajstić information content (AvgIpc) is 2.49. The molecule has 2 atom stereocenters. The maximum atomic E-state index is 9.59. The van der Waals surface area contributed by atoms with E-state index in [-0.39, 0.29) is 0 Å². The number of anilines is 1. The van der Waals surface area contributed by atoms with Crippen molar-refractivity contribution in [3.8, 4) is 0 Å². The van der Waals surface area contributed by atoms with Crippen LogP contribution in [-0.2, 0) is 0 Å². The summed E-state index contributed by atoms with van der Waals surface area (Å²) >= 11 is 0. The van der Waals surface area contributed by atoms with Crippen molar-refractivity contribution in [2.24, 2.45) is 0 Å². The molecule has 1 fully saturated rings. The highest BCUT2D eigenvalue weighted by Gasteiger charge is 2.30. The number of nitrogens with zero attached hydrogens (tertiary/aromatic N) is 1. The Balaban J connectivity index is 2.19. The van der Waals surface area contributed by atoms with E-state index in [0.717, 1.165) is 5.69 Å². The van der Waals surface area contributed by atoms with Crippen LogP contribution in [0.15, 0.2) is 30.3 Å². The summed E-state index contributed by atoms with van der Waals surface area (Å²) in [6.07, 6.45) is -0.724. The van der Waals surface area contributed by atoms with Crippen molar-refractivity contribution in [2.45, 2.75) is 18.8 Å². The first-order valence-electron chi connectivity index (χ1n) is 4.47. The zero-order valence-corrected chi connectivity index (χ0v) is 7.30. The zero-order chi connectivity index (χ0) is 9.26. The molecular weight excluding hydrogens is 166 g/mol. The highest BCUT2D eigenvalue weighted by atomic mass is 16.3. The van der Waals surface area contributed by atoms with Gasteiger partial charge in [0.25, 0.3) is 0 Å². The Morgan fingerprint density at radius 1 is 1.15 bits per heavy atom. The van der Waals surface area contributed by atoms with Crippen molar-refractivity contribution in [3.63, 3.8) is 0 Å². The Morgan fingerprint density at radius 2 is 1.85 bits per heavy atom. The number of rotatable bonds is 1. The maximum Gasteiger partial charge on any atom is 0.153 e. The monoisotopic (exact) mass is 179 g/mol. The third-order valence-corrected chi connectivity index (χ3v) is 2.42. The number of hydrogen-bond donors (Lipinski definition) is 2. The van der Waals surface area contributed by atoms with Gasteiger partial charge in [-0.15, -0.1) is 0 Å². The lowest BCUT2D eigenvalue weighted by Crippen LogP contribution is -2.34. The molecule has 0 aliphatic carbocycles. The normalized spacial score (nSPS) is 28.0. The van der Waals surface area contributed by atoms with Crippen molar-refractivity contribution < 1.29 is 10.2 Å². The predicted molar refractivity (Wildman–Crippen MR) is 50.4 cm³/mol. The van der Waals surface area contributed by atoms with Crippen molar-refractivity contribution in [3.05, 3.63) is 30.3 Å². The molecule has 3 heteroatoms. The minimum Gasteiger partial charge on any atom is -0.388 e. The summed E-state index contributed by atoms with van der Waals surface area (Å²) < 4.78 is 0. The van der Waals surface area contributed by atoms with Gasteiger partial charge in [-0.05, 0) is 18.6 Å². The molecule has 0 bridgehead atoms. The lowest BCUT2D eigenvalue weighted by Gasteiger charge is -2.23. The number of para-hydroxylation sites is 1. The molecule has 1 heterocycles.